The highest BCUT2D eigenvalue weighted by Gasteiger charge is 2.61. The Balaban J connectivity index is 2.78. The van der Waals surface area contributed by atoms with Crippen molar-refractivity contribution >= 4 is 5.97 Å². The molecular formula is C12H17NO3. The summed E-state index contributed by atoms with van der Waals surface area (Å²) in [4.78, 5) is 10.9. The van der Waals surface area contributed by atoms with Crippen LogP contribution in [0.15, 0.2) is 11.8 Å². The number of aliphatic carboxylic acids is 1. The van der Waals surface area contributed by atoms with Gasteiger partial charge < -0.3 is 9.84 Å². The summed E-state index contributed by atoms with van der Waals surface area (Å²) in [5.74, 6) is -1.12. The summed E-state index contributed by atoms with van der Waals surface area (Å²) >= 11 is 0. The second kappa shape index (κ2) is 4.17. The van der Waals surface area contributed by atoms with Gasteiger partial charge in [-0.15, -0.1) is 0 Å². The summed E-state index contributed by atoms with van der Waals surface area (Å²) in [6.45, 7) is 7.43. The van der Waals surface area contributed by atoms with E-state index in [1.165, 1.54) is 0 Å². The van der Waals surface area contributed by atoms with Gasteiger partial charge in [0.15, 0.2) is 5.76 Å². The van der Waals surface area contributed by atoms with Gasteiger partial charge in [0.1, 0.15) is 6.07 Å². The minimum Gasteiger partial charge on any atom is -0.481 e. The van der Waals surface area contributed by atoms with Crippen LogP contribution in [0.2, 0.25) is 0 Å². The molecule has 4 heteroatoms. The number of ether oxygens (including phenoxy) is 1. The van der Waals surface area contributed by atoms with Gasteiger partial charge in [0.2, 0.25) is 0 Å². The van der Waals surface area contributed by atoms with E-state index < -0.39 is 11.9 Å². The largest absolute Gasteiger partial charge is 0.481 e. The summed E-state index contributed by atoms with van der Waals surface area (Å²) in [7, 11) is 0. The van der Waals surface area contributed by atoms with Crippen LogP contribution < -0.4 is 0 Å². The topological polar surface area (TPSA) is 70.3 Å². The van der Waals surface area contributed by atoms with Gasteiger partial charge in [-0.1, -0.05) is 13.8 Å². The van der Waals surface area contributed by atoms with Crippen molar-refractivity contribution < 1.29 is 14.6 Å². The van der Waals surface area contributed by atoms with E-state index in [9.17, 15) is 4.79 Å². The van der Waals surface area contributed by atoms with Crippen LogP contribution in [0.3, 0.4) is 0 Å². The first kappa shape index (κ1) is 12.6. The van der Waals surface area contributed by atoms with E-state index in [1.54, 1.807) is 6.08 Å². The van der Waals surface area contributed by atoms with Crippen molar-refractivity contribution in [2.75, 3.05) is 0 Å². The molecule has 0 bridgehead atoms. The van der Waals surface area contributed by atoms with Crippen molar-refractivity contribution in [3.63, 3.8) is 0 Å². The summed E-state index contributed by atoms with van der Waals surface area (Å²) in [5.41, 5.74) is -0.283. The summed E-state index contributed by atoms with van der Waals surface area (Å²) in [5, 5.41) is 17.8. The average molecular weight is 223 g/mol. The molecule has 2 unspecified atom stereocenters. The fourth-order valence-corrected chi connectivity index (χ4v) is 1.98. The number of nitriles is 1. The van der Waals surface area contributed by atoms with Crippen LogP contribution in [0, 0.1) is 28.6 Å². The van der Waals surface area contributed by atoms with Gasteiger partial charge in [-0.3, -0.25) is 4.79 Å². The van der Waals surface area contributed by atoms with Gasteiger partial charge in [-0.25, -0.2) is 0 Å². The molecule has 88 valence electrons. The Morgan fingerprint density at radius 1 is 1.56 bits per heavy atom. The molecule has 0 aromatic rings. The molecule has 4 nitrogen and oxygen atoms in total. The highest BCUT2D eigenvalue weighted by molar-refractivity contribution is 5.76. The minimum atomic E-state index is -0.812. The highest BCUT2D eigenvalue weighted by Crippen LogP contribution is 2.59. The van der Waals surface area contributed by atoms with E-state index in [0.717, 1.165) is 0 Å². The number of allylic oxidation sites excluding steroid dienone is 2. The number of rotatable bonds is 4. The smallest absolute Gasteiger partial charge is 0.307 e. The molecule has 1 rings (SSSR count). The summed E-state index contributed by atoms with van der Waals surface area (Å²) in [6, 6.07) is 1.95. The summed E-state index contributed by atoms with van der Waals surface area (Å²) < 4.78 is 5.28. The zero-order valence-corrected chi connectivity index (χ0v) is 10.0. The quantitative estimate of drug-likeness (QED) is 0.585. The minimum absolute atomic E-state index is 0.0731. The number of carbonyl (C=O) groups is 1. The molecule has 1 aliphatic carbocycles. The lowest BCUT2D eigenvalue weighted by molar-refractivity contribution is -0.139. The highest BCUT2D eigenvalue weighted by atomic mass is 16.5. The van der Waals surface area contributed by atoms with Crippen LogP contribution in [0.4, 0.5) is 0 Å². The van der Waals surface area contributed by atoms with E-state index in [1.807, 2.05) is 33.8 Å². The molecule has 0 amide bonds. The zero-order chi connectivity index (χ0) is 12.5. The van der Waals surface area contributed by atoms with Gasteiger partial charge in [-0.05, 0) is 25.3 Å². The van der Waals surface area contributed by atoms with Crippen molar-refractivity contribution in [2.45, 2.75) is 33.8 Å². The van der Waals surface area contributed by atoms with Crippen LogP contribution in [0.1, 0.15) is 27.7 Å². The third kappa shape index (κ3) is 2.35. The molecular weight excluding hydrogens is 206 g/mol. The molecule has 16 heavy (non-hydrogen) atoms. The van der Waals surface area contributed by atoms with Crippen LogP contribution in [0.5, 0.6) is 0 Å². The Morgan fingerprint density at radius 3 is 2.44 bits per heavy atom. The second-order valence-corrected chi connectivity index (χ2v) is 4.97. The van der Waals surface area contributed by atoms with Crippen LogP contribution in [-0.4, -0.2) is 17.2 Å². The Morgan fingerprint density at radius 2 is 2.12 bits per heavy atom. The SMILES string of the molecule is CC(C)OC(C#N)=CC1C(C(=O)O)C1(C)C. The van der Waals surface area contributed by atoms with Crippen molar-refractivity contribution in [2.24, 2.45) is 17.3 Å². The molecule has 0 aromatic carbocycles. The molecule has 2 atom stereocenters. The van der Waals surface area contributed by atoms with Gasteiger partial charge >= 0.3 is 5.97 Å². The first-order valence-electron chi connectivity index (χ1n) is 5.32. The maximum Gasteiger partial charge on any atom is 0.307 e. The maximum absolute atomic E-state index is 10.9. The lowest BCUT2D eigenvalue weighted by Crippen LogP contribution is -2.03. The van der Waals surface area contributed by atoms with Gasteiger partial charge in [0.05, 0.1) is 12.0 Å². The molecule has 0 spiro atoms. The lowest BCUT2D eigenvalue weighted by Gasteiger charge is -2.07. The Kier molecular flexibility index (Phi) is 3.27. The predicted octanol–water partition coefficient (Wildman–Crippen LogP) is 2.18. The maximum atomic E-state index is 10.9. The molecule has 0 heterocycles. The number of carboxylic acids is 1. The average Bonchev–Trinajstić information content (AvgIpc) is 2.66. The number of carboxylic acid groups (broad SMARTS) is 1. The number of hydrogen-bond acceptors (Lipinski definition) is 3. The normalized spacial score (nSPS) is 27.4. The fraction of sp³-hybridized carbons (Fsp3) is 0.667. The standard InChI is InChI=1S/C12H17NO3/c1-7(2)16-8(6-13)5-9-10(11(14)15)12(9,3)4/h5,7,9-10H,1-4H3,(H,14,15). The van der Waals surface area contributed by atoms with Crippen molar-refractivity contribution in [1.82, 2.24) is 0 Å². The second-order valence-electron chi connectivity index (χ2n) is 4.97. The molecule has 0 aliphatic heterocycles. The molecule has 0 aromatic heterocycles. The van der Waals surface area contributed by atoms with E-state index in [4.69, 9.17) is 15.1 Å². The van der Waals surface area contributed by atoms with Gasteiger partial charge in [-0.2, -0.15) is 5.26 Å². The monoisotopic (exact) mass is 223 g/mol. The number of hydrogen-bond donors (Lipinski definition) is 1. The third-order valence-electron chi connectivity index (χ3n) is 2.98. The van der Waals surface area contributed by atoms with E-state index in [2.05, 4.69) is 0 Å². The van der Waals surface area contributed by atoms with E-state index in [0.29, 0.717) is 0 Å². The third-order valence-corrected chi connectivity index (χ3v) is 2.98. The molecule has 1 fully saturated rings. The zero-order valence-electron chi connectivity index (χ0n) is 10.0. The molecule has 1 aliphatic rings. The molecule has 1 saturated carbocycles. The Bertz CT molecular complexity index is 363. The van der Waals surface area contributed by atoms with E-state index in [-0.39, 0.29) is 23.2 Å². The fourth-order valence-electron chi connectivity index (χ4n) is 1.98. The Hall–Kier alpha value is -1.50. The van der Waals surface area contributed by atoms with Crippen LogP contribution in [-0.2, 0) is 9.53 Å². The molecule has 1 N–H and O–H groups in total. The Labute approximate surface area is 95.5 Å². The lowest BCUT2D eigenvalue weighted by atomic mass is 10.1. The van der Waals surface area contributed by atoms with Gasteiger partial charge in [0, 0.05) is 5.92 Å². The molecule has 0 saturated heterocycles. The number of nitrogens with zero attached hydrogens (tertiary/aromatic N) is 1. The van der Waals surface area contributed by atoms with E-state index >= 15 is 0 Å². The summed E-state index contributed by atoms with van der Waals surface area (Å²) in [6.07, 6.45) is 1.56. The first-order chi connectivity index (χ1) is 7.30. The van der Waals surface area contributed by atoms with Gasteiger partial charge in [0.25, 0.3) is 0 Å². The first-order valence-corrected chi connectivity index (χ1v) is 5.32. The van der Waals surface area contributed by atoms with Crippen LogP contribution in [0.25, 0.3) is 0 Å². The van der Waals surface area contributed by atoms with Crippen molar-refractivity contribution in [1.29, 1.82) is 5.26 Å². The van der Waals surface area contributed by atoms with Crippen molar-refractivity contribution in [3.05, 3.63) is 11.8 Å². The predicted molar refractivity (Wildman–Crippen MR) is 58.3 cm³/mol. The van der Waals surface area contributed by atoms with Crippen LogP contribution >= 0.6 is 0 Å². The van der Waals surface area contributed by atoms with Crippen molar-refractivity contribution in [3.8, 4) is 6.07 Å². The molecule has 0 radical (unpaired) electrons.